The summed E-state index contributed by atoms with van der Waals surface area (Å²) in [7, 11) is 2.08. The summed E-state index contributed by atoms with van der Waals surface area (Å²) in [4.78, 5) is 2.23. The van der Waals surface area contributed by atoms with Crippen LogP contribution in [0.5, 0.6) is 0 Å². The highest BCUT2D eigenvalue weighted by atomic mass is 16.3. The number of nitrogens with zero attached hydrogens (tertiary/aromatic N) is 1. The van der Waals surface area contributed by atoms with E-state index in [2.05, 4.69) is 50.1 Å². The second kappa shape index (κ2) is 6.66. The lowest BCUT2D eigenvalue weighted by atomic mass is 10.0. The van der Waals surface area contributed by atoms with Crippen molar-refractivity contribution < 1.29 is 5.11 Å². The molecule has 1 atom stereocenters. The highest BCUT2D eigenvalue weighted by Crippen LogP contribution is 2.12. The fraction of sp³-hybridized carbons (Fsp3) is 0.571. The molecule has 90 valence electrons. The molecule has 1 aromatic rings. The molecule has 0 aliphatic carbocycles. The van der Waals surface area contributed by atoms with E-state index in [-0.39, 0.29) is 12.6 Å². The zero-order valence-corrected chi connectivity index (χ0v) is 10.6. The van der Waals surface area contributed by atoms with Gasteiger partial charge in [-0.1, -0.05) is 44.2 Å². The lowest BCUT2D eigenvalue weighted by Crippen LogP contribution is -2.35. The van der Waals surface area contributed by atoms with Crippen LogP contribution in [-0.2, 0) is 6.54 Å². The highest BCUT2D eigenvalue weighted by Gasteiger charge is 2.15. The number of hydrogen-bond donors (Lipinski definition) is 1. The van der Waals surface area contributed by atoms with E-state index < -0.39 is 0 Å². The van der Waals surface area contributed by atoms with Gasteiger partial charge in [-0.2, -0.15) is 0 Å². The smallest absolute Gasteiger partial charge is 0.0586 e. The molecule has 0 aliphatic heterocycles. The first kappa shape index (κ1) is 13.2. The summed E-state index contributed by atoms with van der Waals surface area (Å²) in [6, 6.07) is 10.7. The topological polar surface area (TPSA) is 23.5 Å². The molecule has 0 bridgehead atoms. The Labute approximate surface area is 98.9 Å². The number of likely N-dealkylation sites (N-methyl/N-ethyl adjacent to an activating group) is 1. The van der Waals surface area contributed by atoms with E-state index in [9.17, 15) is 5.11 Å². The van der Waals surface area contributed by atoms with Gasteiger partial charge in [0.25, 0.3) is 0 Å². The maximum absolute atomic E-state index is 9.38. The van der Waals surface area contributed by atoms with Gasteiger partial charge in [0.1, 0.15) is 0 Å². The van der Waals surface area contributed by atoms with E-state index in [1.807, 2.05) is 6.07 Å². The molecule has 1 aromatic carbocycles. The Kier molecular flexibility index (Phi) is 5.50. The fourth-order valence-electron chi connectivity index (χ4n) is 1.94. The van der Waals surface area contributed by atoms with Crippen molar-refractivity contribution >= 4 is 0 Å². The van der Waals surface area contributed by atoms with Crippen LogP contribution in [0.1, 0.15) is 25.8 Å². The summed E-state index contributed by atoms with van der Waals surface area (Å²) in [5.41, 5.74) is 1.30. The van der Waals surface area contributed by atoms with Crippen LogP contribution in [0, 0.1) is 5.92 Å². The van der Waals surface area contributed by atoms with E-state index in [0.29, 0.717) is 5.92 Å². The van der Waals surface area contributed by atoms with E-state index >= 15 is 0 Å². The molecular formula is C14H23NO. The van der Waals surface area contributed by atoms with Crippen LogP contribution >= 0.6 is 0 Å². The van der Waals surface area contributed by atoms with Crippen molar-refractivity contribution in [1.29, 1.82) is 0 Å². The molecule has 16 heavy (non-hydrogen) atoms. The average Bonchev–Trinajstić information content (AvgIpc) is 2.26. The van der Waals surface area contributed by atoms with Gasteiger partial charge < -0.3 is 5.11 Å². The number of benzene rings is 1. The van der Waals surface area contributed by atoms with Crippen molar-refractivity contribution in [2.24, 2.45) is 5.92 Å². The summed E-state index contributed by atoms with van der Waals surface area (Å²) in [5.74, 6) is 0.621. The van der Waals surface area contributed by atoms with E-state index in [1.165, 1.54) is 5.56 Å². The molecule has 0 spiro atoms. The van der Waals surface area contributed by atoms with Gasteiger partial charge in [-0.3, -0.25) is 4.90 Å². The molecule has 1 N–H and O–H groups in total. The van der Waals surface area contributed by atoms with Crippen LogP contribution in [0.2, 0.25) is 0 Å². The molecule has 0 saturated carbocycles. The van der Waals surface area contributed by atoms with Crippen molar-refractivity contribution in [3.8, 4) is 0 Å². The predicted octanol–water partition coefficient (Wildman–Crippen LogP) is 2.53. The number of hydrogen-bond acceptors (Lipinski definition) is 2. The number of aliphatic hydroxyl groups excluding tert-OH is 1. The lowest BCUT2D eigenvalue weighted by molar-refractivity contribution is 0.124. The van der Waals surface area contributed by atoms with Crippen LogP contribution in [0.4, 0.5) is 0 Å². The summed E-state index contributed by atoms with van der Waals surface area (Å²) in [6.07, 6.45) is 1.04. The summed E-state index contributed by atoms with van der Waals surface area (Å²) < 4.78 is 0. The van der Waals surface area contributed by atoms with Gasteiger partial charge in [-0.25, -0.2) is 0 Å². The number of rotatable bonds is 6. The maximum atomic E-state index is 9.38. The number of aliphatic hydroxyl groups is 1. The quantitative estimate of drug-likeness (QED) is 0.798. The third-order valence-corrected chi connectivity index (χ3v) is 2.85. The van der Waals surface area contributed by atoms with Gasteiger partial charge in [0.15, 0.2) is 0 Å². The largest absolute Gasteiger partial charge is 0.395 e. The Balaban J connectivity index is 2.52. The zero-order chi connectivity index (χ0) is 12.0. The van der Waals surface area contributed by atoms with Gasteiger partial charge in [0.2, 0.25) is 0 Å². The first-order chi connectivity index (χ1) is 7.63. The Bertz CT molecular complexity index is 284. The van der Waals surface area contributed by atoms with Crippen LogP contribution in [0.25, 0.3) is 0 Å². The second-order valence-electron chi connectivity index (χ2n) is 4.87. The normalized spacial score (nSPS) is 13.4. The molecular weight excluding hydrogens is 198 g/mol. The van der Waals surface area contributed by atoms with Crippen molar-refractivity contribution in [3.05, 3.63) is 35.9 Å². The molecule has 0 aromatic heterocycles. The first-order valence-corrected chi connectivity index (χ1v) is 5.98. The molecule has 2 heteroatoms. The minimum absolute atomic E-state index is 0.238. The van der Waals surface area contributed by atoms with Crippen LogP contribution in [-0.4, -0.2) is 29.7 Å². The lowest BCUT2D eigenvalue weighted by Gasteiger charge is -2.27. The van der Waals surface area contributed by atoms with Crippen molar-refractivity contribution in [2.45, 2.75) is 32.9 Å². The predicted molar refractivity (Wildman–Crippen MR) is 68.2 cm³/mol. The van der Waals surface area contributed by atoms with Gasteiger partial charge in [-0.15, -0.1) is 0 Å². The summed E-state index contributed by atoms with van der Waals surface area (Å²) >= 11 is 0. The Morgan fingerprint density at radius 3 is 2.31 bits per heavy atom. The molecule has 0 saturated heterocycles. The Morgan fingerprint density at radius 2 is 1.81 bits per heavy atom. The molecule has 0 heterocycles. The van der Waals surface area contributed by atoms with Crippen LogP contribution in [0.15, 0.2) is 30.3 Å². The van der Waals surface area contributed by atoms with Crippen molar-refractivity contribution in [1.82, 2.24) is 4.90 Å². The van der Waals surface area contributed by atoms with Crippen molar-refractivity contribution in [3.63, 3.8) is 0 Å². The highest BCUT2D eigenvalue weighted by molar-refractivity contribution is 5.14. The molecule has 2 nitrogen and oxygen atoms in total. The van der Waals surface area contributed by atoms with Gasteiger partial charge >= 0.3 is 0 Å². The van der Waals surface area contributed by atoms with Crippen molar-refractivity contribution in [2.75, 3.05) is 13.7 Å². The van der Waals surface area contributed by atoms with Crippen LogP contribution < -0.4 is 0 Å². The molecule has 0 amide bonds. The molecule has 0 unspecified atom stereocenters. The average molecular weight is 221 g/mol. The van der Waals surface area contributed by atoms with Crippen LogP contribution in [0.3, 0.4) is 0 Å². The Hall–Kier alpha value is -0.860. The maximum Gasteiger partial charge on any atom is 0.0586 e. The zero-order valence-electron chi connectivity index (χ0n) is 10.6. The van der Waals surface area contributed by atoms with Gasteiger partial charge in [0.05, 0.1) is 6.61 Å². The van der Waals surface area contributed by atoms with Gasteiger partial charge in [-0.05, 0) is 24.9 Å². The SMILES string of the molecule is CC(C)C[C@@H](CO)N(C)Cc1ccccc1. The monoisotopic (exact) mass is 221 g/mol. The molecule has 0 fully saturated rings. The third kappa shape index (κ3) is 4.33. The standard InChI is InChI=1S/C14H23NO/c1-12(2)9-14(11-16)15(3)10-13-7-5-4-6-8-13/h4-8,12,14,16H,9-11H2,1-3H3/t14-/m0/s1. The van der Waals surface area contributed by atoms with E-state index in [1.54, 1.807) is 0 Å². The second-order valence-corrected chi connectivity index (χ2v) is 4.87. The van der Waals surface area contributed by atoms with E-state index in [0.717, 1.165) is 13.0 Å². The molecule has 0 radical (unpaired) electrons. The molecule has 0 aliphatic rings. The minimum Gasteiger partial charge on any atom is -0.395 e. The van der Waals surface area contributed by atoms with E-state index in [4.69, 9.17) is 0 Å². The summed E-state index contributed by atoms with van der Waals surface area (Å²) in [6.45, 7) is 5.53. The molecule has 1 rings (SSSR count). The summed E-state index contributed by atoms with van der Waals surface area (Å²) in [5, 5.41) is 9.38. The minimum atomic E-state index is 0.238. The first-order valence-electron chi connectivity index (χ1n) is 5.98. The third-order valence-electron chi connectivity index (χ3n) is 2.85. The fourth-order valence-corrected chi connectivity index (χ4v) is 1.94. The Morgan fingerprint density at radius 1 is 1.19 bits per heavy atom. The van der Waals surface area contributed by atoms with Gasteiger partial charge in [0, 0.05) is 12.6 Å².